The number of benzene rings is 1. The zero-order valence-corrected chi connectivity index (χ0v) is 17.0. The van der Waals surface area contributed by atoms with Gasteiger partial charge in [0, 0.05) is 32.0 Å². The van der Waals surface area contributed by atoms with E-state index in [2.05, 4.69) is 10.4 Å². The van der Waals surface area contributed by atoms with Crippen LogP contribution in [0.1, 0.15) is 29.9 Å². The Morgan fingerprint density at radius 3 is 2.44 bits per heavy atom. The molecule has 146 valence electrons. The minimum Gasteiger partial charge on any atom is -0.452 e. The summed E-state index contributed by atoms with van der Waals surface area (Å²) >= 11 is 6.25. The van der Waals surface area contributed by atoms with Gasteiger partial charge in [0.25, 0.3) is 5.91 Å². The summed E-state index contributed by atoms with van der Waals surface area (Å²) in [6, 6.07) is 7.33. The van der Waals surface area contributed by atoms with Gasteiger partial charge < -0.3 is 15.0 Å². The first-order valence-electron chi connectivity index (χ1n) is 8.66. The van der Waals surface area contributed by atoms with Crippen LogP contribution in [0.25, 0.3) is 0 Å². The summed E-state index contributed by atoms with van der Waals surface area (Å²) in [7, 11) is 3.87. The van der Waals surface area contributed by atoms with E-state index >= 15 is 0 Å². The number of esters is 1. The molecule has 0 fully saturated rings. The maximum Gasteiger partial charge on any atom is 0.343 e. The smallest absolute Gasteiger partial charge is 0.343 e. The van der Waals surface area contributed by atoms with Gasteiger partial charge in [0.2, 0.25) is 0 Å². The first-order chi connectivity index (χ1) is 12.7. The van der Waals surface area contributed by atoms with Gasteiger partial charge in [0.15, 0.2) is 6.61 Å². The molecule has 2 aromatic rings. The average molecular weight is 393 g/mol. The normalized spacial score (nSPS) is 10.8. The number of rotatable bonds is 7. The summed E-state index contributed by atoms with van der Waals surface area (Å²) < 4.78 is 6.68. The van der Waals surface area contributed by atoms with Crippen molar-refractivity contribution in [1.82, 2.24) is 9.78 Å². The largest absolute Gasteiger partial charge is 0.452 e. The lowest BCUT2D eigenvalue weighted by Crippen LogP contribution is -2.21. The average Bonchev–Trinajstić information content (AvgIpc) is 2.86. The van der Waals surface area contributed by atoms with Gasteiger partial charge in [-0.25, -0.2) is 4.79 Å². The van der Waals surface area contributed by atoms with E-state index < -0.39 is 18.5 Å². The number of ether oxygens (including phenoxy) is 1. The van der Waals surface area contributed by atoms with E-state index in [1.54, 1.807) is 23.7 Å². The lowest BCUT2D eigenvalue weighted by atomic mass is 10.2. The number of amides is 1. The number of hydrogen-bond donors (Lipinski definition) is 1. The van der Waals surface area contributed by atoms with Crippen LogP contribution in [0.2, 0.25) is 5.15 Å². The van der Waals surface area contributed by atoms with Crippen LogP contribution in [0, 0.1) is 12.8 Å². The predicted octanol–water partition coefficient (Wildman–Crippen LogP) is 3.36. The second kappa shape index (κ2) is 8.90. The molecule has 0 radical (unpaired) electrons. The number of aromatic nitrogens is 2. The van der Waals surface area contributed by atoms with E-state index in [9.17, 15) is 9.59 Å². The number of aryl methyl sites for hydroxylation is 1. The van der Waals surface area contributed by atoms with Gasteiger partial charge in [-0.15, -0.1) is 0 Å². The van der Waals surface area contributed by atoms with Crippen LogP contribution < -0.4 is 10.2 Å². The second-order valence-corrected chi connectivity index (χ2v) is 7.25. The predicted molar refractivity (Wildman–Crippen MR) is 106 cm³/mol. The number of carbonyl (C=O) groups excluding carboxylic acids is 2. The zero-order chi connectivity index (χ0) is 20.1. The van der Waals surface area contributed by atoms with Gasteiger partial charge in [-0.1, -0.05) is 25.4 Å². The Morgan fingerprint density at radius 2 is 1.89 bits per heavy atom. The van der Waals surface area contributed by atoms with Crippen molar-refractivity contribution in [3.63, 3.8) is 0 Å². The Kier molecular flexibility index (Phi) is 6.85. The molecule has 2 rings (SSSR count). The van der Waals surface area contributed by atoms with Gasteiger partial charge >= 0.3 is 5.97 Å². The van der Waals surface area contributed by atoms with Crippen LogP contribution in [0.15, 0.2) is 24.3 Å². The summed E-state index contributed by atoms with van der Waals surface area (Å²) in [4.78, 5) is 26.3. The summed E-state index contributed by atoms with van der Waals surface area (Å²) in [5, 5.41) is 7.18. The number of carbonyl (C=O) groups is 2. The number of nitrogens with zero attached hydrogens (tertiary/aromatic N) is 3. The Morgan fingerprint density at radius 1 is 1.26 bits per heavy atom. The van der Waals surface area contributed by atoms with Crippen molar-refractivity contribution in [3.05, 3.63) is 40.7 Å². The molecule has 0 unspecified atom stereocenters. The molecule has 0 atom stereocenters. The van der Waals surface area contributed by atoms with E-state index in [0.717, 1.165) is 5.69 Å². The van der Waals surface area contributed by atoms with E-state index in [1.165, 1.54) is 0 Å². The highest BCUT2D eigenvalue weighted by Crippen LogP contribution is 2.22. The van der Waals surface area contributed by atoms with Crippen LogP contribution >= 0.6 is 11.6 Å². The topological polar surface area (TPSA) is 76.5 Å². The molecule has 1 N–H and O–H groups in total. The minimum absolute atomic E-state index is 0.195. The monoisotopic (exact) mass is 392 g/mol. The third kappa shape index (κ3) is 5.47. The molecular formula is C19H25ClN4O3. The molecule has 27 heavy (non-hydrogen) atoms. The van der Waals surface area contributed by atoms with Gasteiger partial charge in [-0.3, -0.25) is 9.48 Å². The van der Waals surface area contributed by atoms with Crippen molar-refractivity contribution < 1.29 is 14.3 Å². The molecule has 0 aliphatic heterocycles. The van der Waals surface area contributed by atoms with E-state index in [4.69, 9.17) is 16.3 Å². The molecule has 0 aliphatic rings. The lowest BCUT2D eigenvalue weighted by Gasteiger charge is -2.13. The van der Waals surface area contributed by atoms with Crippen LogP contribution in [0.4, 0.5) is 11.4 Å². The van der Waals surface area contributed by atoms with Crippen molar-refractivity contribution in [3.8, 4) is 0 Å². The molecule has 0 saturated heterocycles. The fourth-order valence-electron chi connectivity index (χ4n) is 2.50. The Hall–Kier alpha value is -2.54. The number of nitrogens with one attached hydrogen (secondary N) is 1. The van der Waals surface area contributed by atoms with Gasteiger partial charge in [-0.05, 0) is 37.1 Å². The maximum atomic E-state index is 12.3. The summed E-state index contributed by atoms with van der Waals surface area (Å²) in [5.74, 6) is -0.759. The Balaban J connectivity index is 1.95. The molecule has 7 nitrogen and oxygen atoms in total. The van der Waals surface area contributed by atoms with Gasteiger partial charge in [0.05, 0.1) is 5.69 Å². The summed E-state index contributed by atoms with van der Waals surface area (Å²) in [6.45, 7) is 5.93. The number of halogens is 1. The maximum absolute atomic E-state index is 12.3. The lowest BCUT2D eigenvalue weighted by molar-refractivity contribution is -0.119. The molecule has 0 saturated carbocycles. The SMILES string of the molecule is Cc1nn(CC(C)C)c(Cl)c1C(=O)OCC(=O)Nc1ccc(N(C)C)cc1. The van der Waals surface area contributed by atoms with Crippen molar-refractivity contribution in [2.24, 2.45) is 5.92 Å². The molecular weight excluding hydrogens is 368 g/mol. The summed E-state index contributed by atoms with van der Waals surface area (Å²) in [6.07, 6.45) is 0. The van der Waals surface area contributed by atoms with E-state index in [0.29, 0.717) is 23.8 Å². The zero-order valence-electron chi connectivity index (χ0n) is 16.2. The standard InChI is InChI=1S/C19H25ClN4O3/c1-12(2)10-24-18(20)17(13(3)22-24)19(26)27-11-16(25)21-14-6-8-15(9-7-14)23(4)5/h6-9,12H,10-11H2,1-5H3,(H,21,25). The second-order valence-electron chi connectivity index (χ2n) is 6.89. The van der Waals surface area contributed by atoms with Crippen molar-refractivity contribution in [1.29, 1.82) is 0 Å². The molecule has 0 aliphatic carbocycles. The van der Waals surface area contributed by atoms with Crippen LogP contribution in [0.5, 0.6) is 0 Å². The van der Waals surface area contributed by atoms with Gasteiger partial charge in [0.1, 0.15) is 10.7 Å². The minimum atomic E-state index is -0.661. The highest BCUT2D eigenvalue weighted by molar-refractivity contribution is 6.32. The van der Waals surface area contributed by atoms with Crippen molar-refractivity contribution in [2.75, 3.05) is 30.9 Å². The fourth-order valence-corrected chi connectivity index (χ4v) is 2.82. The number of hydrogen-bond acceptors (Lipinski definition) is 5. The molecule has 8 heteroatoms. The third-order valence-corrected chi connectivity index (χ3v) is 4.19. The van der Waals surface area contributed by atoms with Crippen LogP contribution in [-0.4, -0.2) is 42.4 Å². The van der Waals surface area contributed by atoms with Crippen LogP contribution in [-0.2, 0) is 16.1 Å². The molecule has 0 bridgehead atoms. The number of anilines is 2. The molecule has 0 spiro atoms. The Bertz CT molecular complexity index is 813. The first-order valence-corrected chi connectivity index (χ1v) is 9.04. The quantitative estimate of drug-likeness (QED) is 0.731. The van der Waals surface area contributed by atoms with Crippen LogP contribution in [0.3, 0.4) is 0 Å². The molecule has 1 aromatic heterocycles. The Labute approximate surface area is 164 Å². The van der Waals surface area contributed by atoms with E-state index in [-0.39, 0.29) is 10.7 Å². The molecule has 1 aromatic carbocycles. The third-order valence-electron chi connectivity index (χ3n) is 3.81. The van der Waals surface area contributed by atoms with Crippen molar-refractivity contribution in [2.45, 2.75) is 27.3 Å². The van der Waals surface area contributed by atoms with Gasteiger partial charge in [-0.2, -0.15) is 5.10 Å². The first kappa shape index (κ1) is 20.8. The molecule has 1 heterocycles. The highest BCUT2D eigenvalue weighted by Gasteiger charge is 2.22. The molecule has 1 amide bonds. The fraction of sp³-hybridized carbons (Fsp3) is 0.421. The van der Waals surface area contributed by atoms with E-state index in [1.807, 2.05) is 45.0 Å². The van der Waals surface area contributed by atoms with Crippen molar-refractivity contribution >= 4 is 34.9 Å². The highest BCUT2D eigenvalue weighted by atomic mass is 35.5. The summed E-state index contributed by atoms with van der Waals surface area (Å²) in [5.41, 5.74) is 2.31.